The van der Waals surface area contributed by atoms with Crippen LogP contribution in [0.2, 0.25) is 0 Å². The minimum absolute atomic E-state index is 0.0952. The summed E-state index contributed by atoms with van der Waals surface area (Å²) in [5.74, 6) is 0.111. The Bertz CT molecular complexity index is 351. The summed E-state index contributed by atoms with van der Waals surface area (Å²) in [6.07, 6.45) is 2.71. The number of hydrogen-bond donors (Lipinski definition) is 2. The molecule has 0 aromatic carbocycles. The number of thiazole rings is 1. The summed E-state index contributed by atoms with van der Waals surface area (Å²) in [6.45, 7) is 6.48. The predicted molar refractivity (Wildman–Crippen MR) is 66.1 cm³/mol. The van der Waals surface area contributed by atoms with Crippen molar-refractivity contribution in [3.8, 4) is 0 Å². The van der Waals surface area contributed by atoms with E-state index in [1.807, 2.05) is 20.8 Å². The Labute approximate surface area is 100 Å². The van der Waals surface area contributed by atoms with Crippen molar-refractivity contribution in [3.05, 3.63) is 16.1 Å². The van der Waals surface area contributed by atoms with E-state index in [1.165, 1.54) is 0 Å². The molecule has 0 bridgehead atoms. The number of amides is 1. The van der Waals surface area contributed by atoms with Gasteiger partial charge in [0.2, 0.25) is 5.91 Å². The molecular formula is C11H19N3OS. The highest BCUT2D eigenvalue weighted by atomic mass is 32.1. The Morgan fingerprint density at radius 2 is 2.38 bits per heavy atom. The van der Waals surface area contributed by atoms with Crippen LogP contribution in [0.5, 0.6) is 0 Å². The van der Waals surface area contributed by atoms with Gasteiger partial charge in [-0.1, -0.05) is 20.3 Å². The van der Waals surface area contributed by atoms with Crippen LogP contribution < -0.4 is 11.1 Å². The highest BCUT2D eigenvalue weighted by Crippen LogP contribution is 2.11. The van der Waals surface area contributed by atoms with Gasteiger partial charge in [-0.25, -0.2) is 4.98 Å². The van der Waals surface area contributed by atoms with E-state index in [-0.39, 0.29) is 11.8 Å². The van der Waals surface area contributed by atoms with Crippen LogP contribution in [0, 0.1) is 12.8 Å². The van der Waals surface area contributed by atoms with Crippen LogP contribution >= 0.6 is 11.3 Å². The van der Waals surface area contributed by atoms with E-state index in [1.54, 1.807) is 17.5 Å². The van der Waals surface area contributed by atoms with E-state index >= 15 is 0 Å². The maximum atomic E-state index is 11.7. The molecule has 0 saturated heterocycles. The van der Waals surface area contributed by atoms with Gasteiger partial charge in [0.25, 0.3) is 0 Å². The monoisotopic (exact) mass is 241 g/mol. The van der Waals surface area contributed by atoms with E-state index in [2.05, 4.69) is 10.3 Å². The molecule has 0 aliphatic rings. The van der Waals surface area contributed by atoms with E-state index in [0.29, 0.717) is 6.54 Å². The lowest BCUT2D eigenvalue weighted by atomic mass is 9.99. The van der Waals surface area contributed by atoms with Crippen molar-refractivity contribution in [1.82, 2.24) is 10.3 Å². The number of aromatic nitrogens is 1. The molecule has 90 valence electrons. The fourth-order valence-electron chi connectivity index (χ4n) is 1.28. The largest absolute Gasteiger partial charge is 0.348 e. The lowest BCUT2D eigenvalue weighted by Gasteiger charge is -2.17. The highest BCUT2D eigenvalue weighted by molar-refractivity contribution is 7.11. The lowest BCUT2D eigenvalue weighted by molar-refractivity contribution is -0.123. The summed E-state index contributed by atoms with van der Waals surface area (Å²) in [4.78, 5) is 17.0. The number of nitrogens with two attached hydrogens (primary N) is 1. The second-order valence-corrected chi connectivity index (χ2v) is 5.31. The van der Waals surface area contributed by atoms with Crippen LogP contribution in [0.15, 0.2) is 6.20 Å². The summed E-state index contributed by atoms with van der Waals surface area (Å²) in [6, 6.07) is -0.425. The SMILES string of the molecule is CCC(C)C(N)C(=O)NCc1ncc(C)s1. The quantitative estimate of drug-likeness (QED) is 0.819. The first-order chi connectivity index (χ1) is 7.54. The van der Waals surface area contributed by atoms with Gasteiger partial charge in [0, 0.05) is 11.1 Å². The van der Waals surface area contributed by atoms with E-state index < -0.39 is 6.04 Å². The van der Waals surface area contributed by atoms with Crippen molar-refractivity contribution in [2.75, 3.05) is 0 Å². The summed E-state index contributed by atoms with van der Waals surface area (Å²) >= 11 is 1.59. The topological polar surface area (TPSA) is 68.0 Å². The van der Waals surface area contributed by atoms with E-state index in [0.717, 1.165) is 16.3 Å². The zero-order valence-electron chi connectivity index (χ0n) is 9.99. The zero-order valence-corrected chi connectivity index (χ0v) is 10.8. The van der Waals surface area contributed by atoms with Gasteiger partial charge < -0.3 is 11.1 Å². The van der Waals surface area contributed by atoms with Gasteiger partial charge in [0.15, 0.2) is 0 Å². The lowest BCUT2D eigenvalue weighted by Crippen LogP contribution is -2.44. The summed E-state index contributed by atoms with van der Waals surface area (Å²) < 4.78 is 0. The standard InChI is InChI=1S/C11H19N3OS/c1-4-7(2)10(12)11(15)14-6-9-13-5-8(3)16-9/h5,7,10H,4,6,12H2,1-3H3,(H,14,15). The van der Waals surface area contributed by atoms with Crippen LogP contribution in [0.3, 0.4) is 0 Å². The first-order valence-corrected chi connectivity index (χ1v) is 6.30. The number of carbonyl (C=O) groups excluding carboxylic acids is 1. The third-order valence-corrected chi connectivity index (χ3v) is 3.56. The maximum absolute atomic E-state index is 11.7. The molecule has 5 heteroatoms. The van der Waals surface area contributed by atoms with Crippen LogP contribution in [0.1, 0.15) is 30.2 Å². The fourth-order valence-corrected chi connectivity index (χ4v) is 2.00. The van der Waals surface area contributed by atoms with E-state index in [9.17, 15) is 4.79 Å². The van der Waals surface area contributed by atoms with Crippen molar-refractivity contribution < 1.29 is 4.79 Å². The smallest absolute Gasteiger partial charge is 0.237 e. The average Bonchev–Trinajstić information content (AvgIpc) is 2.69. The molecule has 0 radical (unpaired) electrons. The minimum atomic E-state index is -0.425. The van der Waals surface area contributed by atoms with Crippen molar-refractivity contribution >= 4 is 17.2 Å². The van der Waals surface area contributed by atoms with Crippen LogP contribution in [0.4, 0.5) is 0 Å². The zero-order chi connectivity index (χ0) is 12.1. The van der Waals surface area contributed by atoms with Crippen molar-refractivity contribution in [2.24, 2.45) is 11.7 Å². The number of carbonyl (C=O) groups is 1. The number of hydrogen-bond acceptors (Lipinski definition) is 4. The Morgan fingerprint density at radius 3 is 2.88 bits per heavy atom. The average molecular weight is 241 g/mol. The second kappa shape index (κ2) is 5.96. The summed E-state index contributed by atoms with van der Waals surface area (Å²) in [7, 11) is 0. The molecule has 4 nitrogen and oxygen atoms in total. The minimum Gasteiger partial charge on any atom is -0.348 e. The number of nitrogens with one attached hydrogen (secondary N) is 1. The Morgan fingerprint density at radius 1 is 1.69 bits per heavy atom. The van der Waals surface area contributed by atoms with Crippen LogP contribution in [-0.2, 0) is 11.3 Å². The van der Waals surface area contributed by atoms with Gasteiger partial charge in [-0.05, 0) is 12.8 Å². The maximum Gasteiger partial charge on any atom is 0.237 e. The van der Waals surface area contributed by atoms with Gasteiger partial charge in [-0.15, -0.1) is 11.3 Å². The Balaban J connectivity index is 2.40. The molecule has 0 saturated carbocycles. The normalized spacial score (nSPS) is 14.5. The number of rotatable bonds is 5. The van der Waals surface area contributed by atoms with Crippen LogP contribution in [0.25, 0.3) is 0 Å². The predicted octanol–water partition coefficient (Wildman–Crippen LogP) is 1.44. The molecular weight excluding hydrogens is 222 g/mol. The van der Waals surface area contributed by atoms with Gasteiger partial charge in [-0.3, -0.25) is 4.79 Å². The van der Waals surface area contributed by atoms with Gasteiger partial charge in [-0.2, -0.15) is 0 Å². The number of nitrogens with zero attached hydrogens (tertiary/aromatic N) is 1. The van der Waals surface area contributed by atoms with E-state index in [4.69, 9.17) is 5.73 Å². The second-order valence-electron chi connectivity index (χ2n) is 3.99. The first-order valence-electron chi connectivity index (χ1n) is 5.49. The van der Waals surface area contributed by atoms with Crippen LogP contribution in [-0.4, -0.2) is 16.9 Å². The molecule has 1 aromatic heterocycles. The van der Waals surface area contributed by atoms with Crippen molar-refractivity contribution in [1.29, 1.82) is 0 Å². The molecule has 0 fully saturated rings. The molecule has 0 spiro atoms. The summed E-state index contributed by atoms with van der Waals surface area (Å²) in [5, 5.41) is 3.73. The molecule has 1 heterocycles. The Hall–Kier alpha value is -0.940. The Kier molecular flexibility index (Phi) is 4.89. The molecule has 0 aliphatic carbocycles. The third kappa shape index (κ3) is 3.57. The molecule has 1 rings (SSSR count). The number of aryl methyl sites for hydroxylation is 1. The summed E-state index contributed by atoms with van der Waals surface area (Å²) in [5.41, 5.74) is 5.81. The fraction of sp³-hybridized carbons (Fsp3) is 0.636. The molecule has 3 N–H and O–H groups in total. The van der Waals surface area contributed by atoms with Crippen molar-refractivity contribution in [3.63, 3.8) is 0 Å². The molecule has 1 aromatic rings. The molecule has 16 heavy (non-hydrogen) atoms. The van der Waals surface area contributed by atoms with Crippen molar-refractivity contribution in [2.45, 2.75) is 39.8 Å². The molecule has 1 amide bonds. The van der Waals surface area contributed by atoms with Gasteiger partial charge in [0.05, 0.1) is 12.6 Å². The third-order valence-electron chi connectivity index (χ3n) is 2.64. The molecule has 0 aliphatic heterocycles. The highest BCUT2D eigenvalue weighted by Gasteiger charge is 2.19. The van der Waals surface area contributed by atoms with Gasteiger partial charge >= 0.3 is 0 Å². The molecule has 2 unspecified atom stereocenters. The first kappa shape index (κ1) is 13.1. The molecule has 2 atom stereocenters. The van der Waals surface area contributed by atoms with Gasteiger partial charge in [0.1, 0.15) is 5.01 Å².